The topological polar surface area (TPSA) is 36.7 Å². The van der Waals surface area contributed by atoms with Gasteiger partial charge in [0.05, 0.1) is 0 Å². The first-order valence-electron chi connectivity index (χ1n) is 2.70. The predicted octanol–water partition coefficient (Wildman–Crippen LogP) is 2.54. The van der Waals surface area contributed by atoms with Crippen molar-refractivity contribution in [3.05, 3.63) is 22.0 Å². The summed E-state index contributed by atoms with van der Waals surface area (Å²) in [5.74, 6) is 0. The minimum atomic E-state index is 0.502. The molecule has 0 aromatic carbocycles. The molecular weight excluding hydrogens is 211 g/mol. The van der Waals surface area contributed by atoms with Gasteiger partial charge in [-0.15, -0.1) is 0 Å². The van der Waals surface area contributed by atoms with Gasteiger partial charge < -0.3 is 5.41 Å². The van der Waals surface area contributed by atoms with Gasteiger partial charge in [-0.1, -0.05) is 0 Å². The Bertz CT molecular complexity index is 254. The third kappa shape index (κ3) is 1.79. The van der Waals surface area contributed by atoms with E-state index in [0.717, 1.165) is 9.77 Å². The van der Waals surface area contributed by atoms with Crippen molar-refractivity contribution in [2.45, 2.75) is 0 Å². The van der Waals surface area contributed by atoms with Gasteiger partial charge in [-0.2, -0.15) is 0 Å². The first-order chi connectivity index (χ1) is 4.84. The summed E-state index contributed by atoms with van der Waals surface area (Å²) in [7, 11) is 0.502. The van der Waals surface area contributed by atoms with Gasteiger partial charge in [0.2, 0.25) is 0 Å². The fraction of sp³-hybridized carbons (Fsp3) is 0. The molecule has 52 valence electrons. The molecule has 0 bridgehead atoms. The van der Waals surface area contributed by atoms with Gasteiger partial charge >= 0.3 is 0 Å². The molecule has 0 aliphatic carbocycles. The first kappa shape index (κ1) is 7.70. The van der Waals surface area contributed by atoms with E-state index in [0.29, 0.717) is 8.35 Å². The van der Waals surface area contributed by atoms with Crippen LogP contribution < -0.4 is 0 Å². The molecule has 10 heavy (non-hydrogen) atoms. The number of nitrogens with one attached hydrogen (secondary N) is 1. The lowest BCUT2D eigenvalue weighted by Crippen LogP contribution is -1.60. The van der Waals surface area contributed by atoms with Crippen molar-refractivity contribution < 1.29 is 0 Å². The molecule has 1 N–H and O–H groups in total. The molecule has 0 saturated heterocycles. The zero-order valence-electron chi connectivity index (χ0n) is 5.13. The van der Waals surface area contributed by atoms with Gasteiger partial charge in [0.25, 0.3) is 0 Å². The van der Waals surface area contributed by atoms with Crippen molar-refractivity contribution in [3.8, 4) is 0 Å². The van der Waals surface area contributed by atoms with Gasteiger partial charge in [-0.3, -0.25) is 0 Å². The number of rotatable bonds is 2. The van der Waals surface area contributed by atoms with Crippen LogP contribution in [0.4, 0.5) is 0 Å². The van der Waals surface area contributed by atoms with Gasteiger partial charge in [0.15, 0.2) is 0 Å². The molecule has 0 fully saturated rings. The lowest BCUT2D eigenvalue weighted by molar-refractivity contribution is 1.56. The normalized spacial score (nSPS) is 11.3. The molecule has 4 heteroatoms. The quantitative estimate of drug-likeness (QED) is 0.759. The van der Waals surface area contributed by atoms with Crippen LogP contribution >= 0.6 is 24.3 Å². The number of nitrogens with zero attached hydrogens (tertiary/aromatic N) is 1. The number of allylic oxidation sites excluding steroid dienone is 1. The second-order valence-electron chi connectivity index (χ2n) is 1.66. The Balaban J connectivity index is 2.83. The van der Waals surface area contributed by atoms with Crippen LogP contribution in [0.1, 0.15) is 5.30 Å². The van der Waals surface area contributed by atoms with Crippen LogP contribution in [0.15, 0.2) is 16.7 Å². The Hall–Kier alpha value is -0.400. The third-order valence-corrected chi connectivity index (χ3v) is 2.91. The van der Waals surface area contributed by atoms with Crippen molar-refractivity contribution in [1.29, 1.82) is 5.41 Å². The molecule has 0 amide bonds. The summed E-state index contributed by atoms with van der Waals surface area (Å²) >= 11 is 3.35. The highest BCUT2D eigenvalue weighted by Gasteiger charge is 1.93. The molecule has 2 nitrogen and oxygen atoms in total. The molecule has 0 aliphatic heterocycles. The molecule has 1 rings (SSSR count). The molecular formula is C6H6BrN2P. The summed E-state index contributed by atoms with van der Waals surface area (Å²) in [6, 6.07) is 0. The molecule has 1 aromatic heterocycles. The molecule has 1 aromatic rings. The lowest BCUT2D eigenvalue weighted by Gasteiger charge is -1.82. The number of aromatic nitrogens is 1. The maximum absolute atomic E-state index is 6.75. The van der Waals surface area contributed by atoms with Crippen LogP contribution in [-0.2, 0) is 0 Å². The third-order valence-electron chi connectivity index (χ3n) is 0.979. The van der Waals surface area contributed by atoms with Gasteiger partial charge in [-0.05, 0) is 36.4 Å². The largest absolute Gasteiger partial charge is 0.309 e. The summed E-state index contributed by atoms with van der Waals surface area (Å²) in [6.07, 6.45) is 6.64. The van der Waals surface area contributed by atoms with E-state index in [1.807, 2.05) is 6.08 Å². The van der Waals surface area contributed by atoms with E-state index in [2.05, 4.69) is 20.7 Å². The molecule has 0 radical (unpaired) electrons. The lowest BCUT2D eigenvalue weighted by atomic mass is 10.4. The summed E-state index contributed by atoms with van der Waals surface area (Å²) < 4.78 is 5.09. The highest BCUT2D eigenvalue weighted by atomic mass is 79.9. The van der Waals surface area contributed by atoms with Crippen LogP contribution in [0.25, 0.3) is 6.08 Å². The molecule has 1 atom stereocenters. The highest BCUT2D eigenvalue weighted by molar-refractivity contribution is 9.10. The smallest absolute Gasteiger partial charge is 0.0485 e. The van der Waals surface area contributed by atoms with E-state index >= 15 is 0 Å². The van der Waals surface area contributed by atoms with Crippen LogP contribution in [0.5, 0.6) is 0 Å². The monoisotopic (exact) mass is 216 g/mol. The number of halogens is 1. The Labute approximate surface area is 69.2 Å². The van der Waals surface area contributed by atoms with Crippen LogP contribution in [0.2, 0.25) is 0 Å². The van der Waals surface area contributed by atoms with Gasteiger partial charge in [-0.25, -0.2) is 4.75 Å². The van der Waals surface area contributed by atoms with Crippen molar-refractivity contribution in [2.24, 2.45) is 0 Å². The van der Waals surface area contributed by atoms with Gasteiger partial charge in [0, 0.05) is 22.2 Å². The fourth-order valence-corrected chi connectivity index (χ4v) is 1.91. The van der Waals surface area contributed by atoms with Crippen LogP contribution in [0.3, 0.4) is 0 Å². The Morgan fingerprint density at radius 1 is 1.70 bits per heavy atom. The first-order valence-corrected chi connectivity index (χ1v) is 4.44. The van der Waals surface area contributed by atoms with E-state index in [1.165, 1.54) is 6.21 Å². The van der Waals surface area contributed by atoms with Crippen molar-refractivity contribution in [1.82, 2.24) is 4.75 Å². The fourth-order valence-electron chi connectivity index (χ4n) is 0.543. The number of hydrogen-bond donors (Lipinski definition) is 1. The summed E-state index contributed by atoms with van der Waals surface area (Å²) in [5.41, 5.74) is 0. The van der Waals surface area contributed by atoms with E-state index in [4.69, 9.17) is 5.41 Å². The maximum Gasteiger partial charge on any atom is 0.0485 e. The molecule has 0 spiro atoms. The Kier molecular flexibility index (Phi) is 2.84. The second-order valence-corrected chi connectivity index (χ2v) is 3.53. The average molecular weight is 217 g/mol. The van der Waals surface area contributed by atoms with Crippen LogP contribution in [0, 0.1) is 5.41 Å². The molecule has 0 saturated carbocycles. The second kappa shape index (κ2) is 3.69. The van der Waals surface area contributed by atoms with Crippen molar-refractivity contribution in [3.63, 3.8) is 0 Å². The Morgan fingerprint density at radius 2 is 2.50 bits per heavy atom. The number of hydrogen-bond acceptors (Lipinski definition) is 2. The van der Waals surface area contributed by atoms with Crippen molar-refractivity contribution in [2.75, 3.05) is 0 Å². The zero-order chi connectivity index (χ0) is 7.40. The molecule has 1 unspecified atom stereocenters. The molecule has 0 aliphatic rings. The highest BCUT2D eigenvalue weighted by Crippen LogP contribution is 2.24. The standard InChI is InChI=1S/C6H6BrN2P/c7-5-4-9-10-6(5)2-1-3-8/h1-4,8,10H. The Morgan fingerprint density at radius 3 is 3.00 bits per heavy atom. The van der Waals surface area contributed by atoms with Gasteiger partial charge in [0.1, 0.15) is 0 Å². The SMILES string of the molecule is N=CC=Cc1[pH]ncc1Br. The summed E-state index contributed by atoms with van der Waals surface area (Å²) in [6.45, 7) is 0. The minimum absolute atomic E-state index is 0.502. The minimum Gasteiger partial charge on any atom is -0.309 e. The zero-order valence-corrected chi connectivity index (χ0v) is 7.72. The van der Waals surface area contributed by atoms with Crippen molar-refractivity contribution >= 4 is 36.6 Å². The van der Waals surface area contributed by atoms with E-state index in [9.17, 15) is 0 Å². The predicted molar refractivity (Wildman–Crippen MR) is 49.3 cm³/mol. The maximum atomic E-state index is 6.75. The van der Waals surface area contributed by atoms with E-state index in [1.54, 1.807) is 12.3 Å². The van der Waals surface area contributed by atoms with Crippen LogP contribution in [-0.4, -0.2) is 11.0 Å². The summed E-state index contributed by atoms with van der Waals surface area (Å²) in [4.78, 5) is 0. The van der Waals surface area contributed by atoms with E-state index < -0.39 is 0 Å². The average Bonchev–Trinajstić information content (AvgIpc) is 2.31. The molecule has 1 heterocycles. The van der Waals surface area contributed by atoms with E-state index in [-0.39, 0.29) is 0 Å². The summed E-state index contributed by atoms with van der Waals surface area (Å²) in [5, 5.41) is 7.90.